The lowest BCUT2D eigenvalue weighted by Gasteiger charge is -2.36. The number of anilines is 1. The Balaban J connectivity index is 1.26. The van der Waals surface area contributed by atoms with Gasteiger partial charge in [0.15, 0.2) is 0 Å². The molecule has 35 heavy (non-hydrogen) atoms. The highest BCUT2D eigenvalue weighted by molar-refractivity contribution is 6.04. The Morgan fingerprint density at radius 2 is 1.63 bits per heavy atom. The standard InChI is InChI=1S/C31H36N2O2/c1-22-6-5-7-26(20-22)23-10-12-25(13-11-23)31(34)32-27-14-15-30(35-2)29(21-27)24-16-18-33(19-17-24)28-8-3-4-9-28/h5-7,10-15,20-21,24,28H,3-4,8-9,16-19H2,1-2H3,(H,32,34). The molecule has 1 heterocycles. The van der Waals surface area contributed by atoms with E-state index in [1.165, 1.54) is 36.8 Å². The molecule has 0 bridgehead atoms. The molecule has 1 saturated heterocycles. The normalized spacial score (nSPS) is 17.4. The summed E-state index contributed by atoms with van der Waals surface area (Å²) in [4.78, 5) is 15.7. The third kappa shape index (κ3) is 5.43. The third-order valence-electron chi connectivity index (χ3n) is 7.80. The van der Waals surface area contributed by atoms with E-state index in [4.69, 9.17) is 4.74 Å². The van der Waals surface area contributed by atoms with Crippen LogP contribution in [0, 0.1) is 6.92 Å². The fraction of sp³-hybridized carbons (Fsp3) is 0.387. The minimum absolute atomic E-state index is 0.0899. The number of hydrogen-bond donors (Lipinski definition) is 1. The van der Waals surface area contributed by atoms with Gasteiger partial charge in [0, 0.05) is 17.3 Å². The van der Waals surface area contributed by atoms with E-state index in [0.29, 0.717) is 11.5 Å². The Bertz CT molecular complexity index is 1160. The third-order valence-corrected chi connectivity index (χ3v) is 7.80. The molecular weight excluding hydrogens is 432 g/mol. The number of ether oxygens (including phenoxy) is 1. The number of carbonyl (C=O) groups excluding carboxylic acids is 1. The van der Waals surface area contributed by atoms with Crippen molar-refractivity contribution in [2.45, 2.75) is 57.4 Å². The number of aryl methyl sites for hydroxylation is 1. The van der Waals surface area contributed by atoms with Gasteiger partial charge in [0.25, 0.3) is 5.91 Å². The Labute approximate surface area is 209 Å². The van der Waals surface area contributed by atoms with E-state index in [9.17, 15) is 4.79 Å². The Hall–Kier alpha value is -3.11. The van der Waals surface area contributed by atoms with Crippen molar-refractivity contribution in [3.05, 3.63) is 83.4 Å². The van der Waals surface area contributed by atoms with Gasteiger partial charge in [-0.2, -0.15) is 0 Å². The molecule has 0 radical (unpaired) electrons. The molecule has 1 amide bonds. The number of rotatable bonds is 6. The molecule has 4 heteroatoms. The van der Waals surface area contributed by atoms with E-state index < -0.39 is 0 Å². The fourth-order valence-corrected chi connectivity index (χ4v) is 5.82. The summed E-state index contributed by atoms with van der Waals surface area (Å²) in [7, 11) is 1.74. The zero-order valence-electron chi connectivity index (χ0n) is 20.9. The van der Waals surface area contributed by atoms with Gasteiger partial charge in [0.2, 0.25) is 0 Å². The van der Waals surface area contributed by atoms with Crippen molar-refractivity contribution in [1.82, 2.24) is 4.90 Å². The van der Waals surface area contributed by atoms with Crippen molar-refractivity contribution in [3.8, 4) is 16.9 Å². The first-order valence-electron chi connectivity index (χ1n) is 13.0. The Kier molecular flexibility index (Phi) is 7.19. The van der Waals surface area contributed by atoms with Gasteiger partial charge in [0.1, 0.15) is 5.75 Å². The lowest BCUT2D eigenvalue weighted by Crippen LogP contribution is -2.39. The van der Waals surface area contributed by atoms with Gasteiger partial charge in [-0.1, -0.05) is 54.8 Å². The van der Waals surface area contributed by atoms with Gasteiger partial charge >= 0.3 is 0 Å². The molecule has 2 aliphatic rings. The molecule has 1 aliphatic carbocycles. The second-order valence-corrected chi connectivity index (χ2v) is 10.1. The van der Waals surface area contributed by atoms with Gasteiger partial charge in [-0.25, -0.2) is 0 Å². The smallest absolute Gasteiger partial charge is 0.255 e. The van der Waals surface area contributed by atoms with Crippen molar-refractivity contribution in [2.24, 2.45) is 0 Å². The van der Waals surface area contributed by atoms with Crippen molar-refractivity contribution in [1.29, 1.82) is 0 Å². The summed E-state index contributed by atoms with van der Waals surface area (Å²) in [5, 5.41) is 3.11. The fourth-order valence-electron chi connectivity index (χ4n) is 5.82. The van der Waals surface area contributed by atoms with Crippen LogP contribution in [0.3, 0.4) is 0 Å². The number of methoxy groups -OCH3 is 1. The maximum atomic E-state index is 13.0. The van der Waals surface area contributed by atoms with Crippen LogP contribution in [0.25, 0.3) is 11.1 Å². The highest BCUT2D eigenvalue weighted by Gasteiger charge is 2.29. The maximum Gasteiger partial charge on any atom is 0.255 e. The average Bonchev–Trinajstić information content (AvgIpc) is 3.44. The minimum Gasteiger partial charge on any atom is -0.496 e. The van der Waals surface area contributed by atoms with Crippen molar-refractivity contribution in [3.63, 3.8) is 0 Å². The predicted octanol–water partition coefficient (Wildman–Crippen LogP) is 7.04. The lowest BCUT2D eigenvalue weighted by atomic mass is 9.87. The summed E-state index contributed by atoms with van der Waals surface area (Å²) in [6.45, 7) is 4.40. The van der Waals surface area contributed by atoms with E-state index in [-0.39, 0.29) is 5.91 Å². The van der Waals surface area contributed by atoms with Crippen molar-refractivity contribution < 1.29 is 9.53 Å². The second kappa shape index (κ2) is 10.7. The van der Waals surface area contributed by atoms with Crippen LogP contribution in [-0.4, -0.2) is 37.0 Å². The first-order valence-corrected chi connectivity index (χ1v) is 13.0. The quantitative estimate of drug-likeness (QED) is 0.422. The predicted molar refractivity (Wildman–Crippen MR) is 143 cm³/mol. The van der Waals surface area contributed by atoms with Crippen LogP contribution in [-0.2, 0) is 0 Å². The molecule has 5 rings (SSSR count). The molecule has 182 valence electrons. The van der Waals surface area contributed by atoms with Gasteiger partial charge in [-0.3, -0.25) is 4.79 Å². The molecule has 1 saturated carbocycles. The number of nitrogens with one attached hydrogen (secondary N) is 1. The molecule has 0 unspecified atom stereocenters. The molecule has 0 aromatic heterocycles. The van der Waals surface area contributed by atoms with Crippen LogP contribution in [0.1, 0.15) is 65.9 Å². The highest BCUT2D eigenvalue weighted by atomic mass is 16.5. The van der Waals surface area contributed by atoms with E-state index in [0.717, 1.165) is 54.5 Å². The topological polar surface area (TPSA) is 41.6 Å². The number of piperidine rings is 1. The molecule has 3 aromatic carbocycles. The molecule has 1 aliphatic heterocycles. The summed E-state index contributed by atoms with van der Waals surface area (Å²) in [6, 6.07) is 23.1. The minimum atomic E-state index is -0.0899. The number of carbonyl (C=O) groups is 1. The van der Waals surface area contributed by atoms with E-state index in [1.54, 1.807) is 7.11 Å². The molecule has 4 nitrogen and oxygen atoms in total. The number of likely N-dealkylation sites (tertiary alicyclic amines) is 1. The second-order valence-electron chi connectivity index (χ2n) is 10.1. The van der Waals surface area contributed by atoms with Crippen LogP contribution < -0.4 is 10.1 Å². The van der Waals surface area contributed by atoms with Crippen LogP contribution in [0.4, 0.5) is 5.69 Å². The first kappa shape index (κ1) is 23.6. The van der Waals surface area contributed by atoms with Gasteiger partial charge in [-0.05, 0) is 98.6 Å². The molecule has 1 N–H and O–H groups in total. The molecule has 0 spiro atoms. The Morgan fingerprint density at radius 1 is 0.886 bits per heavy atom. The van der Waals surface area contributed by atoms with Crippen LogP contribution in [0.15, 0.2) is 66.7 Å². The van der Waals surface area contributed by atoms with Crippen LogP contribution in [0.2, 0.25) is 0 Å². The maximum absolute atomic E-state index is 13.0. The zero-order valence-corrected chi connectivity index (χ0v) is 20.9. The number of nitrogens with zero attached hydrogens (tertiary/aromatic N) is 1. The van der Waals surface area contributed by atoms with E-state index in [1.807, 2.05) is 36.4 Å². The number of amides is 1. The van der Waals surface area contributed by atoms with Gasteiger partial charge in [-0.15, -0.1) is 0 Å². The summed E-state index contributed by atoms with van der Waals surface area (Å²) >= 11 is 0. The molecule has 3 aromatic rings. The van der Waals surface area contributed by atoms with Gasteiger partial charge < -0.3 is 15.0 Å². The number of benzene rings is 3. The summed E-state index contributed by atoms with van der Waals surface area (Å²) < 4.78 is 5.71. The van der Waals surface area contributed by atoms with Crippen molar-refractivity contribution in [2.75, 3.05) is 25.5 Å². The SMILES string of the molecule is COc1ccc(NC(=O)c2ccc(-c3cccc(C)c3)cc2)cc1C1CCN(C2CCCC2)CC1. The molecule has 0 atom stereocenters. The van der Waals surface area contributed by atoms with E-state index >= 15 is 0 Å². The molecular formula is C31H36N2O2. The summed E-state index contributed by atoms with van der Waals surface area (Å²) in [5.74, 6) is 1.30. The number of hydrogen-bond acceptors (Lipinski definition) is 3. The van der Waals surface area contributed by atoms with Crippen molar-refractivity contribution >= 4 is 11.6 Å². The zero-order chi connectivity index (χ0) is 24.2. The van der Waals surface area contributed by atoms with E-state index in [2.05, 4.69) is 47.5 Å². The van der Waals surface area contributed by atoms with Gasteiger partial charge in [0.05, 0.1) is 7.11 Å². The summed E-state index contributed by atoms with van der Waals surface area (Å²) in [5.41, 5.74) is 6.20. The average molecular weight is 469 g/mol. The molecule has 2 fully saturated rings. The lowest BCUT2D eigenvalue weighted by molar-refractivity contribution is 0.102. The highest BCUT2D eigenvalue weighted by Crippen LogP contribution is 2.38. The Morgan fingerprint density at radius 3 is 2.31 bits per heavy atom. The first-order chi connectivity index (χ1) is 17.1. The van der Waals surface area contributed by atoms with Crippen LogP contribution in [0.5, 0.6) is 5.75 Å². The summed E-state index contributed by atoms with van der Waals surface area (Å²) in [6.07, 6.45) is 7.78. The largest absolute Gasteiger partial charge is 0.496 e. The van der Waals surface area contributed by atoms with Crippen LogP contribution >= 0.6 is 0 Å². The monoisotopic (exact) mass is 468 g/mol.